The number of aliphatic hydroxyl groups is 1. The standard InChI is InChI=1S/C31H46F4O5/c1-18(25(17-32)39-26(36)10-11-27(37)40-28(2,3)4)23-8-9-24-22-7-6-19-16-30(38,31(33,34)35)15-13-20(19)21(22)12-14-29(23,24)5/h10-11,18-25,38H,6-9,12-17H2,1-5H3/b11-10+/t18-,19+,20-,21+,22+,23+,24-,25+,29+,30+/m0/s1. The minimum atomic E-state index is -4.59. The highest BCUT2D eigenvalue weighted by Gasteiger charge is 2.62. The van der Waals surface area contributed by atoms with Crippen molar-refractivity contribution in [2.45, 2.75) is 116 Å². The largest absolute Gasteiger partial charge is 0.457 e. The molecule has 4 fully saturated rings. The molecule has 0 unspecified atom stereocenters. The fraction of sp³-hybridized carbons (Fsp3) is 0.871. The van der Waals surface area contributed by atoms with Gasteiger partial charge in [0.25, 0.3) is 0 Å². The lowest BCUT2D eigenvalue weighted by atomic mass is 9.48. The van der Waals surface area contributed by atoms with E-state index in [-0.39, 0.29) is 41.9 Å². The second-order valence-corrected chi connectivity index (χ2v) is 14.3. The minimum absolute atomic E-state index is 0.0546. The highest BCUT2D eigenvalue weighted by Crippen LogP contribution is 2.66. The number of fused-ring (bicyclic) bond motifs is 5. The average Bonchev–Trinajstić information content (AvgIpc) is 3.20. The van der Waals surface area contributed by atoms with E-state index in [2.05, 4.69) is 6.92 Å². The van der Waals surface area contributed by atoms with Crippen LogP contribution in [0.25, 0.3) is 0 Å². The maximum atomic E-state index is 14.2. The minimum Gasteiger partial charge on any atom is -0.457 e. The number of hydrogen-bond acceptors (Lipinski definition) is 5. The molecule has 0 amide bonds. The summed E-state index contributed by atoms with van der Waals surface area (Å²) in [6.07, 6.45) is 1.82. The number of carbonyl (C=O) groups excluding carboxylic acids is 2. The summed E-state index contributed by atoms with van der Waals surface area (Å²) in [7, 11) is 0. The first-order valence-corrected chi connectivity index (χ1v) is 15.0. The molecule has 1 N–H and O–H groups in total. The Bertz CT molecular complexity index is 974. The van der Waals surface area contributed by atoms with Crippen LogP contribution in [0.15, 0.2) is 12.2 Å². The number of alkyl halides is 4. The maximum absolute atomic E-state index is 14.2. The number of hydrogen-bond donors (Lipinski definition) is 1. The van der Waals surface area contributed by atoms with Gasteiger partial charge in [0.15, 0.2) is 5.60 Å². The van der Waals surface area contributed by atoms with Gasteiger partial charge in [0, 0.05) is 12.2 Å². The molecule has 0 bridgehead atoms. The Hall–Kier alpha value is -1.64. The summed E-state index contributed by atoms with van der Waals surface area (Å²) in [5.41, 5.74) is -3.31. The third kappa shape index (κ3) is 6.10. The molecule has 0 spiro atoms. The van der Waals surface area contributed by atoms with Gasteiger partial charge < -0.3 is 14.6 Å². The van der Waals surface area contributed by atoms with Gasteiger partial charge in [-0.3, -0.25) is 0 Å². The molecule has 4 aliphatic rings. The summed E-state index contributed by atoms with van der Waals surface area (Å²) in [5, 5.41) is 10.4. The number of esters is 2. The first-order valence-electron chi connectivity index (χ1n) is 15.0. The van der Waals surface area contributed by atoms with Crippen molar-refractivity contribution in [3.05, 3.63) is 12.2 Å². The van der Waals surface area contributed by atoms with Crippen LogP contribution in [0.1, 0.15) is 92.4 Å². The summed E-state index contributed by atoms with van der Waals surface area (Å²) in [6.45, 7) is 8.55. The molecule has 228 valence electrons. The average molecular weight is 575 g/mol. The fourth-order valence-electron chi connectivity index (χ4n) is 9.24. The summed E-state index contributed by atoms with van der Waals surface area (Å²) in [5.74, 6) is -0.180. The van der Waals surface area contributed by atoms with Crippen LogP contribution in [-0.4, -0.2) is 47.2 Å². The van der Waals surface area contributed by atoms with Crippen molar-refractivity contribution in [1.29, 1.82) is 0 Å². The van der Waals surface area contributed by atoms with Gasteiger partial charge in [-0.1, -0.05) is 13.8 Å². The van der Waals surface area contributed by atoms with Crippen molar-refractivity contribution < 1.29 is 41.7 Å². The lowest BCUT2D eigenvalue weighted by Gasteiger charge is -2.57. The molecule has 0 aromatic heterocycles. The van der Waals surface area contributed by atoms with Crippen LogP contribution in [0, 0.1) is 46.8 Å². The van der Waals surface area contributed by atoms with Gasteiger partial charge in [0.1, 0.15) is 18.4 Å². The molecule has 9 heteroatoms. The Morgan fingerprint density at radius 3 is 2.23 bits per heavy atom. The zero-order valence-corrected chi connectivity index (χ0v) is 24.4. The third-order valence-electron chi connectivity index (χ3n) is 11.0. The van der Waals surface area contributed by atoms with Crippen LogP contribution >= 0.6 is 0 Å². The van der Waals surface area contributed by atoms with E-state index in [4.69, 9.17) is 9.47 Å². The highest BCUT2D eigenvalue weighted by molar-refractivity contribution is 5.91. The summed E-state index contributed by atoms with van der Waals surface area (Å²) < 4.78 is 65.5. The molecule has 5 nitrogen and oxygen atoms in total. The number of ether oxygens (including phenoxy) is 2. The van der Waals surface area contributed by atoms with Gasteiger partial charge in [0.2, 0.25) is 0 Å². The Morgan fingerprint density at radius 2 is 1.60 bits per heavy atom. The van der Waals surface area contributed by atoms with Gasteiger partial charge in [-0.15, -0.1) is 0 Å². The van der Waals surface area contributed by atoms with E-state index in [1.54, 1.807) is 20.8 Å². The van der Waals surface area contributed by atoms with E-state index >= 15 is 0 Å². The van der Waals surface area contributed by atoms with Crippen molar-refractivity contribution in [2.24, 2.45) is 46.8 Å². The molecule has 4 aliphatic carbocycles. The summed E-state index contributed by atoms with van der Waals surface area (Å²) in [4.78, 5) is 24.3. The van der Waals surface area contributed by atoms with Crippen LogP contribution in [0.3, 0.4) is 0 Å². The van der Waals surface area contributed by atoms with Crippen molar-refractivity contribution in [3.8, 4) is 0 Å². The quantitative estimate of drug-likeness (QED) is 0.211. The molecule has 40 heavy (non-hydrogen) atoms. The van der Waals surface area contributed by atoms with Crippen LogP contribution in [0.2, 0.25) is 0 Å². The monoisotopic (exact) mass is 574 g/mol. The van der Waals surface area contributed by atoms with E-state index in [1.807, 2.05) is 6.92 Å². The SMILES string of the molecule is C[C@@H]([C@H]1CC[C@H]2[C@@H]3CC[C@@H]4C[C@@](O)(C(F)(F)F)CC[C@@H]4[C@H]3CC[C@]12C)[C@@H](CF)OC(=O)/C=C/C(=O)OC(C)(C)C. The molecule has 4 saturated carbocycles. The highest BCUT2D eigenvalue weighted by atomic mass is 19.4. The van der Waals surface area contributed by atoms with Crippen molar-refractivity contribution in [3.63, 3.8) is 0 Å². The van der Waals surface area contributed by atoms with Crippen LogP contribution in [0.4, 0.5) is 17.6 Å². The molecular formula is C31H46F4O5. The zero-order chi connectivity index (χ0) is 29.7. The molecule has 0 saturated heterocycles. The van der Waals surface area contributed by atoms with Crippen molar-refractivity contribution >= 4 is 11.9 Å². The Balaban J connectivity index is 1.40. The molecule has 0 radical (unpaired) electrons. The van der Waals surface area contributed by atoms with Gasteiger partial charge >= 0.3 is 18.1 Å². The van der Waals surface area contributed by atoms with Crippen molar-refractivity contribution in [1.82, 2.24) is 0 Å². The second kappa shape index (κ2) is 11.2. The first kappa shape index (κ1) is 31.3. The smallest absolute Gasteiger partial charge is 0.417 e. The summed E-state index contributed by atoms with van der Waals surface area (Å²) >= 11 is 0. The predicted molar refractivity (Wildman–Crippen MR) is 142 cm³/mol. The van der Waals surface area contributed by atoms with Gasteiger partial charge in [-0.2, -0.15) is 13.2 Å². The molecule has 4 rings (SSSR count). The molecule has 0 aromatic carbocycles. The van der Waals surface area contributed by atoms with E-state index in [0.717, 1.165) is 44.3 Å². The molecule has 0 heterocycles. The second-order valence-electron chi connectivity index (χ2n) is 14.3. The molecule has 10 atom stereocenters. The number of carbonyl (C=O) groups is 2. The Morgan fingerprint density at radius 1 is 0.950 bits per heavy atom. The van der Waals surface area contributed by atoms with Crippen molar-refractivity contribution in [2.75, 3.05) is 6.67 Å². The molecule has 0 aromatic rings. The lowest BCUT2D eigenvalue weighted by molar-refractivity contribution is -0.282. The number of halogens is 4. The Labute approximate surface area is 235 Å². The number of rotatable bonds is 6. The topological polar surface area (TPSA) is 72.8 Å². The van der Waals surface area contributed by atoms with Crippen LogP contribution in [-0.2, 0) is 19.1 Å². The lowest BCUT2D eigenvalue weighted by Crippen LogP contribution is -2.55. The first-order chi connectivity index (χ1) is 18.5. The van der Waals surface area contributed by atoms with E-state index in [9.17, 15) is 32.3 Å². The molecule has 0 aliphatic heterocycles. The van der Waals surface area contributed by atoms with Gasteiger partial charge in [-0.25, -0.2) is 14.0 Å². The van der Waals surface area contributed by atoms with E-state index in [0.29, 0.717) is 30.6 Å². The Kier molecular flexibility index (Phi) is 8.78. The molecular weight excluding hydrogens is 528 g/mol. The van der Waals surface area contributed by atoms with Gasteiger partial charge in [-0.05, 0) is 125 Å². The van der Waals surface area contributed by atoms with Gasteiger partial charge in [0.05, 0.1) is 0 Å². The van der Waals surface area contributed by atoms with Crippen LogP contribution < -0.4 is 0 Å². The zero-order valence-electron chi connectivity index (χ0n) is 24.4. The predicted octanol–water partition coefficient (Wildman–Crippen LogP) is 6.96. The summed E-state index contributed by atoms with van der Waals surface area (Å²) in [6, 6.07) is 0. The maximum Gasteiger partial charge on any atom is 0.417 e. The fourth-order valence-corrected chi connectivity index (χ4v) is 9.24. The normalized spacial score (nSPS) is 39.5. The van der Waals surface area contributed by atoms with E-state index in [1.165, 1.54) is 0 Å². The third-order valence-corrected chi connectivity index (χ3v) is 11.0. The van der Waals surface area contributed by atoms with Crippen LogP contribution in [0.5, 0.6) is 0 Å². The van der Waals surface area contributed by atoms with E-state index < -0.39 is 42.1 Å².